The molecule has 3 aromatic carbocycles. The Balaban J connectivity index is 1.52. The molecule has 0 aliphatic rings. The van der Waals surface area contributed by atoms with Crippen LogP contribution in [0.3, 0.4) is 0 Å². The fraction of sp³-hybridized carbons (Fsp3) is 0.100. The summed E-state index contributed by atoms with van der Waals surface area (Å²) in [6, 6.07) is 20.7. The minimum absolute atomic E-state index is 0.188. The zero-order chi connectivity index (χ0) is 17.6. The third-order valence-corrected chi connectivity index (χ3v) is 3.80. The second-order valence-corrected chi connectivity index (χ2v) is 5.61. The highest BCUT2D eigenvalue weighted by molar-refractivity contribution is 5.96. The van der Waals surface area contributed by atoms with Crippen molar-refractivity contribution in [1.82, 2.24) is 10.9 Å². The van der Waals surface area contributed by atoms with Gasteiger partial charge in [0, 0.05) is 5.56 Å². The molecule has 3 rings (SSSR count). The van der Waals surface area contributed by atoms with E-state index < -0.39 is 5.91 Å². The van der Waals surface area contributed by atoms with Crippen LogP contribution >= 0.6 is 0 Å². The standard InChI is InChI=1S/C20H18N2O3/c1-14-6-2-5-9-18(14)20(24)22-21-19(23)13-25-17-11-10-15-7-3-4-8-16(15)12-17/h2-12H,13H2,1H3,(H,21,23)(H,22,24). The molecule has 5 nitrogen and oxygen atoms in total. The first-order chi connectivity index (χ1) is 12.1. The molecule has 0 unspecified atom stereocenters. The predicted octanol–water partition coefficient (Wildman–Crippen LogP) is 2.99. The van der Waals surface area contributed by atoms with Gasteiger partial charge < -0.3 is 4.74 Å². The van der Waals surface area contributed by atoms with E-state index in [0.717, 1.165) is 16.3 Å². The topological polar surface area (TPSA) is 67.4 Å². The fourth-order valence-electron chi connectivity index (χ4n) is 2.46. The lowest BCUT2D eigenvalue weighted by Crippen LogP contribution is -2.44. The van der Waals surface area contributed by atoms with Crippen LogP contribution in [0.15, 0.2) is 66.7 Å². The number of carbonyl (C=O) groups is 2. The van der Waals surface area contributed by atoms with E-state index in [-0.39, 0.29) is 12.5 Å². The number of rotatable bonds is 4. The van der Waals surface area contributed by atoms with E-state index in [1.165, 1.54) is 0 Å². The van der Waals surface area contributed by atoms with Crippen LogP contribution in [-0.2, 0) is 4.79 Å². The lowest BCUT2D eigenvalue weighted by molar-refractivity contribution is -0.123. The van der Waals surface area contributed by atoms with E-state index in [1.807, 2.05) is 61.5 Å². The molecule has 25 heavy (non-hydrogen) atoms. The van der Waals surface area contributed by atoms with E-state index in [1.54, 1.807) is 12.1 Å². The molecule has 0 aliphatic carbocycles. The molecule has 3 aromatic rings. The summed E-state index contributed by atoms with van der Waals surface area (Å²) >= 11 is 0. The van der Waals surface area contributed by atoms with Gasteiger partial charge in [0.1, 0.15) is 5.75 Å². The Bertz CT molecular complexity index is 921. The van der Waals surface area contributed by atoms with Gasteiger partial charge in [0.25, 0.3) is 11.8 Å². The average Bonchev–Trinajstić information content (AvgIpc) is 2.64. The summed E-state index contributed by atoms with van der Waals surface area (Å²) in [5, 5.41) is 2.14. The molecule has 0 radical (unpaired) electrons. The maximum absolute atomic E-state index is 12.0. The summed E-state index contributed by atoms with van der Waals surface area (Å²) in [5.74, 6) is -0.202. The van der Waals surface area contributed by atoms with Crippen LogP contribution in [-0.4, -0.2) is 18.4 Å². The zero-order valence-corrected chi connectivity index (χ0v) is 13.8. The number of fused-ring (bicyclic) bond motifs is 1. The quantitative estimate of drug-likeness (QED) is 0.721. The van der Waals surface area contributed by atoms with Gasteiger partial charge >= 0.3 is 0 Å². The second-order valence-electron chi connectivity index (χ2n) is 5.61. The van der Waals surface area contributed by atoms with Crippen molar-refractivity contribution >= 4 is 22.6 Å². The Morgan fingerprint density at radius 2 is 1.60 bits per heavy atom. The summed E-state index contributed by atoms with van der Waals surface area (Å²) in [4.78, 5) is 23.9. The molecule has 0 fully saturated rings. The average molecular weight is 334 g/mol. The first-order valence-corrected chi connectivity index (χ1v) is 7.90. The fourth-order valence-corrected chi connectivity index (χ4v) is 2.46. The van der Waals surface area contributed by atoms with Gasteiger partial charge in [0.15, 0.2) is 6.61 Å². The lowest BCUT2D eigenvalue weighted by atomic mass is 10.1. The van der Waals surface area contributed by atoms with Crippen LogP contribution in [0.1, 0.15) is 15.9 Å². The summed E-state index contributed by atoms with van der Waals surface area (Å²) in [6.07, 6.45) is 0. The number of hydrogen-bond donors (Lipinski definition) is 2. The number of nitrogens with one attached hydrogen (secondary N) is 2. The van der Waals surface area contributed by atoms with E-state index in [0.29, 0.717) is 11.3 Å². The van der Waals surface area contributed by atoms with E-state index in [2.05, 4.69) is 10.9 Å². The van der Waals surface area contributed by atoms with Crippen molar-refractivity contribution in [2.24, 2.45) is 0 Å². The van der Waals surface area contributed by atoms with Crippen LogP contribution in [0.5, 0.6) is 5.75 Å². The normalized spacial score (nSPS) is 10.3. The van der Waals surface area contributed by atoms with Crippen molar-refractivity contribution in [3.05, 3.63) is 77.9 Å². The van der Waals surface area contributed by atoms with E-state index >= 15 is 0 Å². The number of benzene rings is 3. The molecule has 0 spiro atoms. The Labute approximate surface area is 145 Å². The van der Waals surface area contributed by atoms with Gasteiger partial charge in [-0.2, -0.15) is 0 Å². The predicted molar refractivity (Wildman–Crippen MR) is 96.2 cm³/mol. The molecule has 0 bridgehead atoms. The molecule has 0 aliphatic heterocycles. The summed E-state index contributed by atoms with van der Waals surface area (Å²) < 4.78 is 5.47. The molecule has 2 amide bonds. The smallest absolute Gasteiger partial charge is 0.276 e. The van der Waals surface area contributed by atoms with Crippen LogP contribution < -0.4 is 15.6 Å². The minimum Gasteiger partial charge on any atom is -0.484 e. The zero-order valence-electron chi connectivity index (χ0n) is 13.8. The largest absolute Gasteiger partial charge is 0.484 e. The highest BCUT2D eigenvalue weighted by atomic mass is 16.5. The SMILES string of the molecule is Cc1ccccc1C(=O)NNC(=O)COc1ccc2ccccc2c1. The number of hydrazine groups is 1. The summed E-state index contributed by atoms with van der Waals surface area (Å²) in [5.41, 5.74) is 6.09. The molecule has 2 N–H and O–H groups in total. The Morgan fingerprint density at radius 1 is 0.880 bits per heavy atom. The number of ether oxygens (including phenoxy) is 1. The maximum atomic E-state index is 12.0. The lowest BCUT2D eigenvalue weighted by Gasteiger charge is -2.10. The first kappa shape index (κ1) is 16.5. The van der Waals surface area contributed by atoms with Gasteiger partial charge in [-0.1, -0.05) is 48.5 Å². The van der Waals surface area contributed by atoms with Gasteiger partial charge in [-0.05, 0) is 41.5 Å². The van der Waals surface area contributed by atoms with Crippen LogP contribution in [0.4, 0.5) is 0 Å². The highest BCUT2D eigenvalue weighted by Crippen LogP contribution is 2.20. The molecule has 126 valence electrons. The van der Waals surface area contributed by atoms with Crippen molar-refractivity contribution < 1.29 is 14.3 Å². The Hall–Kier alpha value is -3.34. The van der Waals surface area contributed by atoms with Crippen molar-refractivity contribution in [3.63, 3.8) is 0 Å². The molecule has 0 heterocycles. The van der Waals surface area contributed by atoms with E-state index in [9.17, 15) is 9.59 Å². The van der Waals surface area contributed by atoms with Gasteiger partial charge in [0.05, 0.1) is 0 Å². The number of carbonyl (C=O) groups excluding carboxylic acids is 2. The van der Waals surface area contributed by atoms with Crippen LogP contribution in [0.2, 0.25) is 0 Å². The maximum Gasteiger partial charge on any atom is 0.276 e. The Kier molecular flexibility index (Phi) is 4.95. The van der Waals surface area contributed by atoms with Crippen molar-refractivity contribution in [1.29, 1.82) is 0 Å². The third-order valence-electron chi connectivity index (χ3n) is 3.80. The number of hydrogen-bond acceptors (Lipinski definition) is 3. The molecule has 0 saturated carbocycles. The highest BCUT2D eigenvalue weighted by Gasteiger charge is 2.09. The van der Waals surface area contributed by atoms with E-state index in [4.69, 9.17) is 4.74 Å². The van der Waals surface area contributed by atoms with Crippen molar-refractivity contribution in [2.75, 3.05) is 6.61 Å². The van der Waals surface area contributed by atoms with Gasteiger partial charge in [-0.25, -0.2) is 0 Å². The van der Waals surface area contributed by atoms with Crippen molar-refractivity contribution in [3.8, 4) is 5.75 Å². The summed E-state index contributed by atoms with van der Waals surface area (Å²) in [6.45, 7) is 1.64. The van der Waals surface area contributed by atoms with Gasteiger partial charge in [-0.3, -0.25) is 20.4 Å². The number of amides is 2. The molecule has 0 aromatic heterocycles. The van der Waals surface area contributed by atoms with Gasteiger partial charge in [0.2, 0.25) is 0 Å². The molecule has 5 heteroatoms. The molecule has 0 saturated heterocycles. The number of aryl methyl sites for hydroxylation is 1. The molecule has 0 atom stereocenters. The summed E-state index contributed by atoms with van der Waals surface area (Å²) in [7, 11) is 0. The van der Waals surface area contributed by atoms with Gasteiger partial charge in [-0.15, -0.1) is 0 Å². The first-order valence-electron chi connectivity index (χ1n) is 7.90. The van der Waals surface area contributed by atoms with Crippen LogP contribution in [0.25, 0.3) is 10.8 Å². The Morgan fingerprint density at radius 3 is 2.40 bits per heavy atom. The molecular formula is C20H18N2O3. The van der Waals surface area contributed by atoms with Crippen LogP contribution in [0, 0.1) is 6.92 Å². The molecular weight excluding hydrogens is 316 g/mol. The third kappa shape index (κ3) is 4.14. The monoisotopic (exact) mass is 334 g/mol. The second kappa shape index (κ2) is 7.49. The van der Waals surface area contributed by atoms with Crippen molar-refractivity contribution in [2.45, 2.75) is 6.92 Å². The minimum atomic E-state index is -0.435.